The molecule has 0 aromatic heterocycles. The third-order valence-corrected chi connectivity index (χ3v) is 0. The monoisotopic (exact) mass is 303 g/mol. The van der Waals surface area contributed by atoms with E-state index >= 15 is 0 Å². The molecule has 21 valence electrons. The first-order valence-electron chi connectivity index (χ1n) is 0.154. The molecule has 0 fully saturated rings. The zero-order valence-corrected chi connectivity index (χ0v) is 5.67. The van der Waals surface area contributed by atoms with Crippen LogP contribution in [0.15, 0.2) is 0 Å². The van der Waals surface area contributed by atoms with Gasteiger partial charge in [0.2, 0.25) is 0 Å². The Labute approximate surface area is 103 Å². The van der Waals surface area contributed by atoms with Crippen LogP contribution in [0.2, 0.25) is 0 Å². The third kappa shape index (κ3) is 8.94. The molecule has 0 aromatic rings. The Morgan fingerprint density at radius 3 is 1.25 bits per heavy atom. The average molecular weight is 305 g/mol. The van der Waals surface area contributed by atoms with Crippen molar-refractivity contribution in [2.45, 2.75) is 0 Å². The Balaban J connectivity index is -0.00000000500. The molecule has 0 amide bonds. The summed E-state index contributed by atoms with van der Waals surface area (Å²) in [6, 6.07) is 0. The summed E-state index contributed by atoms with van der Waals surface area (Å²) in [5.41, 5.74) is 0. The van der Waals surface area contributed by atoms with E-state index in [1.54, 1.807) is 15.9 Å². The second kappa shape index (κ2) is 16.4. The molecule has 0 spiro atoms. The van der Waals surface area contributed by atoms with E-state index in [-0.39, 0.29) is 86.3 Å². The maximum absolute atomic E-state index is 8.06. The van der Waals surface area contributed by atoms with Gasteiger partial charge in [0.25, 0.3) is 0 Å². The van der Waals surface area contributed by atoms with Crippen LogP contribution in [-0.4, -0.2) is 45.5 Å². The van der Waals surface area contributed by atoms with Gasteiger partial charge in [-0.05, 0) is 0 Å². The van der Waals surface area contributed by atoms with Crippen LogP contribution in [0.3, 0.4) is 0 Å². The molecular weight excluding hydrogens is 303 g/mol. The molecule has 4 heavy (non-hydrogen) atoms. The van der Waals surface area contributed by atoms with E-state index in [4.69, 9.17) is 3.83 Å². The number of rotatable bonds is 0. The molecule has 1 nitrogen and oxygen atoms in total. The van der Waals surface area contributed by atoms with Gasteiger partial charge in [0, 0.05) is 40.8 Å². The maximum atomic E-state index is 8.06. The van der Waals surface area contributed by atoms with Crippen molar-refractivity contribution in [1.29, 1.82) is 0 Å². The molecule has 0 atom stereocenters. The molecule has 0 rings (SSSR count). The molecule has 0 radical (unpaired) electrons. The van der Waals surface area contributed by atoms with Gasteiger partial charge < -0.3 is 0 Å². The molecule has 0 bridgehead atoms. The van der Waals surface area contributed by atoms with E-state index in [1.807, 2.05) is 0 Å². The molecule has 0 aliphatic heterocycles. The van der Waals surface area contributed by atoms with Crippen LogP contribution in [0.25, 0.3) is 0 Å². The summed E-state index contributed by atoms with van der Waals surface area (Å²) in [5, 5.41) is 0. The van der Waals surface area contributed by atoms with Crippen LogP contribution < -0.4 is 0 Å². The number of hydrogen-bond donors (Lipinski definition) is 0. The average Bonchev–Trinajstić information content (AvgIpc) is 1.00. The van der Waals surface area contributed by atoms with Crippen molar-refractivity contribution in [3.8, 4) is 0 Å². The van der Waals surface area contributed by atoms with E-state index < -0.39 is 0 Å². The van der Waals surface area contributed by atoms with Gasteiger partial charge in [-0.2, -0.15) is 0 Å². The fourth-order valence-corrected chi connectivity index (χ4v) is 0. The van der Waals surface area contributed by atoms with Crippen LogP contribution >= 0.6 is 0 Å². The Hall–Kier alpha value is 3.15. The summed E-state index contributed by atoms with van der Waals surface area (Å²) in [4.78, 5) is 0. The summed E-state index contributed by atoms with van der Waals surface area (Å²) in [6.45, 7) is 0. The van der Waals surface area contributed by atoms with Crippen molar-refractivity contribution in [2.75, 3.05) is 0 Å². The van der Waals surface area contributed by atoms with Crippen molar-refractivity contribution in [2.24, 2.45) is 0 Å². The quantitative estimate of drug-likeness (QED) is 0.523. The Kier molecular flexibility index (Phi) is 64.5. The minimum atomic E-state index is 0. The molecule has 0 saturated heterocycles. The summed E-state index contributed by atoms with van der Waals surface area (Å²) >= 11 is 1.69. The van der Waals surface area contributed by atoms with E-state index in [0.29, 0.717) is 0 Å². The van der Waals surface area contributed by atoms with Gasteiger partial charge >= 0.3 is 65.3 Å². The molecule has 0 N–H and O–H groups in total. The second-order valence-electron chi connectivity index (χ2n) is 0. The molecule has 0 aliphatic rings. The molecule has 0 unspecified atom stereocenters. The first-order valence-corrected chi connectivity index (χ1v) is 0.636. The van der Waals surface area contributed by atoms with Gasteiger partial charge in [-0.15, -0.1) is 0 Å². The van der Waals surface area contributed by atoms with Crippen molar-refractivity contribution in [1.82, 2.24) is 0 Å². The SMILES string of the molecule is [Nd].[O]=[Mn].[SrH2]. The first-order chi connectivity index (χ1) is 1.00. The molecule has 0 saturated carbocycles. The van der Waals surface area contributed by atoms with E-state index in [9.17, 15) is 0 Å². The fourth-order valence-electron chi connectivity index (χ4n) is 0. The van der Waals surface area contributed by atoms with Crippen LogP contribution in [0.4, 0.5) is 0 Å². The summed E-state index contributed by atoms with van der Waals surface area (Å²) in [7, 11) is 0. The van der Waals surface area contributed by atoms with Crippen LogP contribution in [0.5, 0.6) is 0 Å². The van der Waals surface area contributed by atoms with Crippen LogP contribution in [-0.2, 0) is 19.8 Å². The third-order valence-electron chi connectivity index (χ3n) is 0. The molecule has 0 aromatic carbocycles. The summed E-state index contributed by atoms with van der Waals surface area (Å²) < 4.78 is 8.06. The Morgan fingerprint density at radius 1 is 1.25 bits per heavy atom. The van der Waals surface area contributed by atoms with Gasteiger partial charge in [0.05, 0.1) is 0 Å². The predicted octanol–water partition coefficient (Wildman–Crippen LogP) is -1.04. The zero-order chi connectivity index (χ0) is 2.00. The summed E-state index contributed by atoms with van der Waals surface area (Å²) in [6.07, 6.45) is 0. The molecular formula is H2MnNdOSr. The van der Waals surface area contributed by atoms with Crippen LogP contribution in [0.1, 0.15) is 0 Å². The van der Waals surface area contributed by atoms with Crippen molar-refractivity contribution < 1.29 is 60.6 Å². The standard InChI is InChI=1S/Mn.Nd.O.Sr.2H. The molecule has 0 heterocycles. The van der Waals surface area contributed by atoms with Gasteiger partial charge in [0.1, 0.15) is 0 Å². The van der Waals surface area contributed by atoms with Gasteiger partial charge in [-0.3, -0.25) is 0 Å². The zero-order valence-electron chi connectivity index (χ0n) is 1.29. The number of hydrogen-bond acceptors (Lipinski definition) is 1. The van der Waals surface area contributed by atoms with Crippen molar-refractivity contribution >= 4 is 45.5 Å². The topological polar surface area (TPSA) is 17.1 Å². The van der Waals surface area contributed by atoms with Crippen molar-refractivity contribution in [3.05, 3.63) is 0 Å². The molecule has 0 aliphatic carbocycles. The predicted molar refractivity (Wildman–Crippen MR) is 9.23 cm³/mol. The minimum absolute atomic E-state index is 0. The Bertz CT molecular complexity index is 8.00. The van der Waals surface area contributed by atoms with Crippen molar-refractivity contribution in [3.63, 3.8) is 0 Å². The fraction of sp³-hybridized carbons (Fsp3) is 0. The van der Waals surface area contributed by atoms with Gasteiger partial charge in [-0.25, -0.2) is 0 Å². The van der Waals surface area contributed by atoms with Gasteiger partial charge in [-0.1, -0.05) is 0 Å². The summed E-state index contributed by atoms with van der Waals surface area (Å²) in [5.74, 6) is 0. The van der Waals surface area contributed by atoms with Gasteiger partial charge in [0.15, 0.2) is 0 Å². The van der Waals surface area contributed by atoms with Crippen LogP contribution in [0, 0.1) is 40.8 Å². The molecule has 4 heteroatoms. The van der Waals surface area contributed by atoms with E-state index in [0.717, 1.165) is 0 Å². The van der Waals surface area contributed by atoms with E-state index in [2.05, 4.69) is 0 Å². The Morgan fingerprint density at radius 2 is 1.25 bits per heavy atom. The normalized spacial score (nSPS) is 1.00. The van der Waals surface area contributed by atoms with E-state index in [1.165, 1.54) is 0 Å². The first kappa shape index (κ1) is 15.7. The second-order valence-corrected chi connectivity index (χ2v) is 0.